The van der Waals surface area contributed by atoms with Crippen LogP contribution in [0.4, 0.5) is 4.39 Å². The van der Waals surface area contributed by atoms with Crippen LogP contribution in [-0.2, 0) is 6.54 Å². The van der Waals surface area contributed by atoms with E-state index >= 15 is 0 Å². The second-order valence-corrected chi connectivity index (χ2v) is 6.20. The highest BCUT2D eigenvalue weighted by molar-refractivity contribution is 5.28. The Morgan fingerprint density at radius 1 is 1.20 bits per heavy atom. The SMILES string of the molecule is Oc1cc(F)cc(CN2CCNCC23CCCCC3)c1. The average molecular weight is 278 g/mol. The molecule has 0 aromatic heterocycles. The van der Waals surface area contributed by atoms with Crippen LogP contribution in [0.5, 0.6) is 5.75 Å². The van der Waals surface area contributed by atoms with Gasteiger partial charge in [-0.3, -0.25) is 4.90 Å². The molecule has 20 heavy (non-hydrogen) atoms. The van der Waals surface area contributed by atoms with Crippen molar-refractivity contribution in [3.8, 4) is 5.75 Å². The van der Waals surface area contributed by atoms with Crippen LogP contribution in [0.1, 0.15) is 37.7 Å². The van der Waals surface area contributed by atoms with Crippen molar-refractivity contribution in [1.82, 2.24) is 10.2 Å². The number of halogens is 1. The van der Waals surface area contributed by atoms with Gasteiger partial charge in [0.05, 0.1) is 0 Å². The van der Waals surface area contributed by atoms with Crippen LogP contribution in [-0.4, -0.2) is 35.2 Å². The molecular weight excluding hydrogens is 255 g/mol. The number of hydrogen-bond donors (Lipinski definition) is 2. The molecule has 1 heterocycles. The Morgan fingerprint density at radius 2 is 2.00 bits per heavy atom. The van der Waals surface area contributed by atoms with E-state index in [-0.39, 0.29) is 17.1 Å². The van der Waals surface area contributed by atoms with Gasteiger partial charge >= 0.3 is 0 Å². The minimum atomic E-state index is -0.354. The summed E-state index contributed by atoms with van der Waals surface area (Å²) in [4.78, 5) is 2.50. The van der Waals surface area contributed by atoms with Gasteiger partial charge < -0.3 is 10.4 Å². The van der Waals surface area contributed by atoms with Crippen molar-refractivity contribution in [3.05, 3.63) is 29.6 Å². The van der Waals surface area contributed by atoms with Gasteiger partial charge in [0.2, 0.25) is 0 Å². The molecule has 1 aliphatic carbocycles. The molecule has 3 rings (SSSR count). The molecule has 2 fully saturated rings. The molecule has 3 nitrogen and oxygen atoms in total. The lowest BCUT2D eigenvalue weighted by Gasteiger charge is -2.50. The third kappa shape index (κ3) is 2.81. The summed E-state index contributed by atoms with van der Waals surface area (Å²) in [6.07, 6.45) is 6.35. The van der Waals surface area contributed by atoms with Gasteiger partial charge in [-0.2, -0.15) is 0 Å². The molecule has 0 radical (unpaired) electrons. The maximum absolute atomic E-state index is 13.4. The minimum absolute atomic E-state index is 0.0211. The lowest BCUT2D eigenvalue weighted by Crippen LogP contribution is -2.61. The van der Waals surface area contributed by atoms with Gasteiger partial charge in [0.25, 0.3) is 0 Å². The molecule has 4 heteroatoms. The average Bonchev–Trinajstić information content (AvgIpc) is 2.41. The van der Waals surface area contributed by atoms with E-state index < -0.39 is 0 Å². The van der Waals surface area contributed by atoms with E-state index in [0.29, 0.717) is 0 Å². The summed E-state index contributed by atoms with van der Waals surface area (Å²) in [6, 6.07) is 4.39. The van der Waals surface area contributed by atoms with Gasteiger partial charge in [-0.15, -0.1) is 0 Å². The number of phenols is 1. The zero-order valence-corrected chi connectivity index (χ0v) is 11.9. The number of aromatic hydroxyl groups is 1. The predicted molar refractivity (Wildman–Crippen MR) is 77.2 cm³/mol. The molecule has 0 bridgehead atoms. The fraction of sp³-hybridized carbons (Fsp3) is 0.625. The number of piperazine rings is 1. The molecule has 1 aromatic carbocycles. The molecule has 0 amide bonds. The van der Waals surface area contributed by atoms with Crippen molar-refractivity contribution >= 4 is 0 Å². The third-order valence-electron chi connectivity index (χ3n) is 4.78. The quantitative estimate of drug-likeness (QED) is 0.873. The highest BCUT2D eigenvalue weighted by Crippen LogP contribution is 2.35. The van der Waals surface area contributed by atoms with E-state index in [4.69, 9.17) is 0 Å². The highest BCUT2D eigenvalue weighted by Gasteiger charge is 2.39. The van der Waals surface area contributed by atoms with Crippen LogP contribution in [0.15, 0.2) is 18.2 Å². The molecule has 2 N–H and O–H groups in total. The van der Waals surface area contributed by atoms with Crippen molar-refractivity contribution in [2.75, 3.05) is 19.6 Å². The number of hydrogen-bond acceptors (Lipinski definition) is 3. The molecule has 1 aromatic rings. The smallest absolute Gasteiger partial charge is 0.127 e. The second kappa shape index (κ2) is 5.70. The van der Waals surface area contributed by atoms with Crippen LogP contribution < -0.4 is 5.32 Å². The van der Waals surface area contributed by atoms with Crippen molar-refractivity contribution in [3.63, 3.8) is 0 Å². The number of rotatable bonds is 2. The molecule has 1 spiro atoms. The largest absolute Gasteiger partial charge is 0.508 e. The van der Waals surface area contributed by atoms with Crippen LogP contribution in [0.2, 0.25) is 0 Å². The molecule has 0 atom stereocenters. The van der Waals surface area contributed by atoms with Crippen molar-refractivity contribution < 1.29 is 9.50 Å². The summed E-state index contributed by atoms with van der Waals surface area (Å²) in [5, 5.41) is 13.1. The van der Waals surface area contributed by atoms with E-state index in [1.807, 2.05) is 0 Å². The summed E-state index contributed by atoms with van der Waals surface area (Å²) < 4.78 is 13.4. The Hall–Kier alpha value is -1.13. The first kappa shape index (κ1) is 13.8. The Labute approximate surface area is 119 Å². The van der Waals surface area contributed by atoms with Crippen molar-refractivity contribution in [1.29, 1.82) is 0 Å². The van der Waals surface area contributed by atoms with E-state index in [1.54, 1.807) is 6.07 Å². The van der Waals surface area contributed by atoms with E-state index in [2.05, 4.69) is 10.2 Å². The second-order valence-electron chi connectivity index (χ2n) is 6.20. The van der Waals surface area contributed by atoms with Gasteiger partial charge in [-0.25, -0.2) is 4.39 Å². The van der Waals surface area contributed by atoms with Gasteiger partial charge in [-0.1, -0.05) is 19.3 Å². The fourth-order valence-electron chi connectivity index (χ4n) is 3.78. The third-order valence-corrected chi connectivity index (χ3v) is 4.78. The first-order valence-corrected chi connectivity index (χ1v) is 7.62. The summed E-state index contributed by atoms with van der Waals surface area (Å²) >= 11 is 0. The summed E-state index contributed by atoms with van der Waals surface area (Å²) in [5.41, 5.74) is 1.10. The molecule has 1 saturated heterocycles. The van der Waals surface area contributed by atoms with Gasteiger partial charge in [0.15, 0.2) is 0 Å². The molecule has 2 aliphatic rings. The summed E-state index contributed by atoms with van der Waals surface area (Å²) in [7, 11) is 0. The van der Waals surface area contributed by atoms with Gasteiger partial charge in [0, 0.05) is 37.8 Å². The first-order valence-electron chi connectivity index (χ1n) is 7.62. The van der Waals surface area contributed by atoms with Crippen LogP contribution in [0.3, 0.4) is 0 Å². The number of nitrogens with one attached hydrogen (secondary N) is 1. The number of phenolic OH excluding ortho intramolecular Hbond substituents is 1. The molecular formula is C16H23FN2O. The van der Waals surface area contributed by atoms with Gasteiger partial charge in [0.1, 0.15) is 11.6 Å². The first-order chi connectivity index (χ1) is 9.68. The molecule has 110 valence electrons. The summed E-state index contributed by atoms with van der Waals surface area (Å²) in [5.74, 6) is -0.333. The normalized spacial score (nSPS) is 23.1. The molecule has 0 unspecified atom stereocenters. The maximum atomic E-state index is 13.4. The summed E-state index contributed by atoms with van der Waals surface area (Å²) in [6.45, 7) is 3.75. The van der Waals surface area contributed by atoms with Crippen molar-refractivity contribution in [2.24, 2.45) is 0 Å². The van der Waals surface area contributed by atoms with Crippen LogP contribution in [0.25, 0.3) is 0 Å². The number of nitrogens with zero attached hydrogens (tertiary/aromatic N) is 1. The lowest BCUT2D eigenvalue weighted by atomic mass is 9.79. The van der Waals surface area contributed by atoms with E-state index in [9.17, 15) is 9.50 Å². The van der Waals surface area contributed by atoms with Gasteiger partial charge in [-0.05, 0) is 30.5 Å². The molecule has 1 saturated carbocycles. The zero-order valence-electron chi connectivity index (χ0n) is 11.9. The fourth-order valence-corrected chi connectivity index (χ4v) is 3.78. The minimum Gasteiger partial charge on any atom is -0.508 e. The lowest BCUT2D eigenvalue weighted by molar-refractivity contribution is 0.0208. The zero-order chi connectivity index (χ0) is 14.0. The van der Waals surface area contributed by atoms with Crippen molar-refractivity contribution in [2.45, 2.75) is 44.2 Å². The Morgan fingerprint density at radius 3 is 2.75 bits per heavy atom. The Bertz CT molecular complexity index is 443. The highest BCUT2D eigenvalue weighted by atomic mass is 19.1. The van der Waals surface area contributed by atoms with E-state index in [1.165, 1.54) is 38.2 Å². The monoisotopic (exact) mass is 278 g/mol. The Kier molecular flexibility index (Phi) is 3.94. The van der Waals surface area contributed by atoms with Crippen LogP contribution in [0, 0.1) is 5.82 Å². The topological polar surface area (TPSA) is 35.5 Å². The Balaban J connectivity index is 1.79. The maximum Gasteiger partial charge on any atom is 0.127 e. The molecule has 1 aliphatic heterocycles. The van der Waals surface area contributed by atoms with Crippen LogP contribution >= 0.6 is 0 Å². The predicted octanol–water partition coefficient (Wildman–Crippen LogP) is 2.64. The standard InChI is InChI=1S/C16H23FN2O/c17-14-8-13(9-15(20)10-14)11-19-7-6-18-12-16(19)4-2-1-3-5-16/h8-10,18,20H,1-7,11-12H2. The number of benzene rings is 1. The van der Waals surface area contributed by atoms with E-state index in [0.717, 1.165) is 37.8 Å².